The third kappa shape index (κ3) is 3.04. The molecule has 0 aliphatic rings. The Kier molecular flexibility index (Phi) is 4.24. The molecule has 22 heavy (non-hydrogen) atoms. The predicted octanol–water partition coefficient (Wildman–Crippen LogP) is 3.18. The van der Waals surface area contributed by atoms with Gasteiger partial charge in [0.1, 0.15) is 5.82 Å². The molecule has 4 nitrogen and oxygen atoms in total. The van der Waals surface area contributed by atoms with Crippen LogP contribution < -0.4 is 5.56 Å². The average molecular weight is 338 g/mol. The van der Waals surface area contributed by atoms with Gasteiger partial charge in [-0.1, -0.05) is 17.7 Å². The standard InChI is InChI=1S/C15H13ClFN3OS/c1-19(9-11-12(16)3-2-4-13(11)17)8-10-7-14(21)20-5-6-22-15(20)18-10/h2-7H,8-9H2,1H3. The minimum atomic E-state index is -0.332. The molecule has 0 spiro atoms. The fourth-order valence-electron chi connectivity index (χ4n) is 2.25. The van der Waals surface area contributed by atoms with Gasteiger partial charge in [0.25, 0.3) is 5.56 Å². The first-order valence-corrected chi connectivity index (χ1v) is 7.87. The second-order valence-corrected chi connectivity index (χ2v) is 6.29. The molecule has 0 fully saturated rings. The summed E-state index contributed by atoms with van der Waals surface area (Å²) in [4.78, 5) is 18.9. The van der Waals surface area contributed by atoms with E-state index in [-0.39, 0.29) is 11.4 Å². The Morgan fingerprint density at radius 3 is 3.00 bits per heavy atom. The molecule has 0 saturated carbocycles. The first-order valence-electron chi connectivity index (χ1n) is 6.62. The lowest BCUT2D eigenvalue weighted by Gasteiger charge is -2.17. The molecule has 2 aromatic heterocycles. The highest BCUT2D eigenvalue weighted by molar-refractivity contribution is 7.15. The molecular formula is C15H13ClFN3OS. The number of aromatic nitrogens is 2. The van der Waals surface area contributed by atoms with Gasteiger partial charge >= 0.3 is 0 Å². The van der Waals surface area contributed by atoms with Crippen LogP contribution in [-0.4, -0.2) is 21.3 Å². The molecule has 3 rings (SSSR count). The molecule has 7 heteroatoms. The molecule has 0 unspecified atom stereocenters. The van der Waals surface area contributed by atoms with E-state index in [1.807, 2.05) is 17.3 Å². The molecule has 0 amide bonds. The van der Waals surface area contributed by atoms with Crippen LogP contribution in [0.3, 0.4) is 0 Å². The van der Waals surface area contributed by atoms with Gasteiger partial charge in [0.15, 0.2) is 4.96 Å². The fraction of sp³-hybridized carbons (Fsp3) is 0.200. The molecule has 2 heterocycles. The van der Waals surface area contributed by atoms with Gasteiger partial charge in [0.2, 0.25) is 0 Å². The third-order valence-electron chi connectivity index (χ3n) is 3.28. The lowest BCUT2D eigenvalue weighted by atomic mass is 10.2. The highest BCUT2D eigenvalue weighted by Gasteiger charge is 2.11. The highest BCUT2D eigenvalue weighted by atomic mass is 35.5. The van der Waals surface area contributed by atoms with Crippen LogP contribution in [-0.2, 0) is 13.1 Å². The van der Waals surface area contributed by atoms with Crippen LogP contribution in [0.4, 0.5) is 4.39 Å². The van der Waals surface area contributed by atoms with E-state index in [4.69, 9.17) is 11.6 Å². The van der Waals surface area contributed by atoms with E-state index in [2.05, 4.69) is 4.98 Å². The third-order valence-corrected chi connectivity index (χ3v) is 4.39. The molecule has 0 N–H and O–H groups in total. The highest BCUT2D eigenvalue weighted by Crippen LogP contribution is 2.20. The predicted molar refractivity (Wildman–Crippen MR) is 85.9 cm³/mol. The van der Waals surface area contributed by atoms with Crippen molar-refractivity contribution in [3.05, 3.63) is 68.3 Å². The van der Waals surface area contributed by atoms with Crippen LogP contribution in [0.5, 0.6) is 0 Å². The van der Waals surface area contributed by atoms with Gasteiger partial charge in [0, 0.05) is 41.3 Å². The molecule has 0 bridgehead atoms. The van der Waals surface area contributed by atoms with Crippen LogP contribution in [0.25, 0.3) is 4.96 Å². The Morgan fingerprint density at radius 2 is 2.23 bits per heavy atom. The number of fused-ring (bicyclic) bond motifs is 1. The summed E-state index contributed by atoms with van der Waals surface area (Å²) in [5.41, 5.74) is 0.988. The summed E-state index contributed by atoms with van der Waals surface area (Å²) in [6.07, 6.45) is 1.70. The first-order chi connectivity index (χ1) is 10.5. The molecule has 114 valence electrons. The van der Waals surface area contributed by atoms with Gasteiger partial charge < -0.3 is 0 Å². The van der Waals surface area contributed by atoms with Crippen molar-refractivity contribution in [2.75, 3.05) is 7.05 Å². The summed E-state index contributed by atoms with van der Waals surface area (Å²) in [6.45, 7) is 0.783. The van der Waals surface area contributed by atoms with E-state index < -0.39 is 0 Å². The Bertz CT molecular complexity index is 856. The van der Waals surface area contributed by atoms with Crippen molar-refractivity contribution in [2.45, 2.75) is 13.1 Å². The van der Waals surface area contributed by atoms with Gasteiger partial charge in [-0.3, -0.25) is 14.1 Å². The van der Waals surface area contributed by atoms with Gasteiger partial charge in [-0.15, -0.1) is 11.3 Å². The molecule has 1 aromatic carbocycles. The van der Waals surface area contributed by atoms with Crippen molar-refractivity contribution in [3.63, 3.8) is 0 Å². The molecule has 3 aromatic rings. The number of hydrogen-bond acceptors (Lipinski definition) is 4. The molecule has 0 atom stereocenters. The summed E-state index contributed by atoms with van der Waals surface area (Å²) in [7, 11) is 1.83. The summed E-state index contributed by atoms with van der Waals surface area (Å²) in [5, 5.41) is 2.21. The molecule has 0 saturated heterocycles. The number of nitrogens with zero attached hydrogens (tertiary/aromatic N) is 3. The van der Waals surface area contributed by atoms with Crippen molar-refractivity contribution < 1.29 is 4.39 Å². The first kappa shape index (κ1) is 15.1. The maximum atomic E-state index is 13.8. The molecule has 0 aliphatic heterocycles. The van der Waals surface area contributed by atoms with Crippen LogP contribution in [0.15, 0.2) is 40.6 Å². The topological polar surface area (TPSA) is 37.6 Å². The Hall–Kier alpha value is -1.76. The van der Waals surface area contributed by atoms with Crippen molar-refractivity contribution in [1.29, 1.82) is 0 Å². The van der Waals surface area contributed by atoms with Crippen LogP contribution >= 0.6 is 22.9 Å². The SMILES string of the molecule is CN(Cc1cc(=O)n2ccsc2n1)Cc1c(F)cccc1Cl. The van der Waals surface area contributed by atoms with Crippen molar-refractivity contribution in [2.24, 2.45) is 0 Å². The second kappa shape index (κ2) is 6.16. The normalized spacial score (nSPS) is 11.5. The van der Waals surface area contributed by atoms with Crippen molar-refractivity contribution in [3.8, 4) is 0 Å². The quantitative estimate of drug-likeness (QED) is 0.734. The van der Waals surface area contributed by atoms with Crippen molar-refractivity contribution in [1.82, 2.24) is 14.3 Å². The zero-order chi connectivity index (χ0) is 15.7. The summed E-state index contributed by atoms with van der Waals surface area (Å²) >= 11 is 7.44. The van der Waals surface area contributed by atoms with Crippen LogP contribution in [0, 0.1) is 5.82 Å². The van der Waals surface area contributed by atoms with Crippen molar-refractivity contribution >= 4 is 27.9 Å². The van der Waals surface area contributed by atoms with Crippen LogP contribution in [0.1, 0.15) is 11.3 Å². The van der Waals surface area contributed by atoms with Crippen LogP contribution in [0.2, 0.25) is 5.02 Å². The van der Waals surface area contributed by atoms with Gasteiger partial charge in [-0.25, -0.2) is 9.37 Å². The minimum Gasteiger partial charge on any atom is -0.296 e. The van der Waals surface area contributed by atoms with Gasteiger partial charge in [-0.2, -0.15) is 0 Å². The number of benzene rings is 1. The summed E-state index contributed by atoms with van der Waals surface area (Å²) in [6, 6.07) is 6.13. The summed E-state index contributed by atoms with van der Waals surface area (Å²) in [5.74, 6) is -0.332. The van der Waals surface area contributed by atoms with Gasteiger partial charge in [0.05, 0.1) is 5.69 Å². The van der Waals surface area contributed by atoms with E-state index in [0.29, 0.717) is 34.3 Å². The monoisotopic (exact) mass is 337 g/mol. The second-order valence-electron chi connectivity index (χ2n) is 5.01. The van der Waals surface area contributed by atoms with E-state index >= 15 is 0 Å². The Morgan fingerprint density at radius 1 is 1.41 bits per heavy atom. The number of hydrogen-bond donors (Lipinski definition) is 0. The molecule has 0 radical (unpaired) electrons. The maximum absolute atomic E-state index is 13.8. The lowest BCUT2D eigenvalue weighted by molar-refractivity contribution is 0.310. The lowest BCUT2D eigenvalue weighted by Crippen LogP contribution is -2.21. The zero-order valence-corrected chi connectivity index (χ0v) is 13.4. The van der Waals surface area contributed by atoms with E-state index in [1.165, 1.54) is 27.9 Å². The fourth-order valence-corrected chi connectivity index (χ4v) is 3.22. The number of halogens is 2. The van der Waals surface area contributed by atoms with Gasteiger partial charge in [-0.05, 0) is 19.2 Å². The maximum Gasteiger partial charge on any atom is 0.258 e. The molecule has 0 aliphatic carbocycles. The summed E-state index contributed by atoms with van der Waals surface area (Å²) < 4.78 is 15.3. The van der Waals surface area contributed by atoms with E-state index in [1.54, 1.807) is 18.3 Å². The zero-order valence-electron chi connectivity index (χ0n) is 11.8. The smallest absolute Gasteiger partial charge is 0.258 e. The Balaban J connectivity index is 1.81. The Labute approximate surface area is 135 Å². The number of rotatable bonds is 4. The average Bonchev–Trinajstić information content (AvgIpc) is 2.92. The number of thiazole rings is 1. The molecular weight excluding hydrogens is 325 g/mol. The van der Waals surface area contributed by atoms with E-state index in [0.717, 1.165) is 0 Å². The van der Waals surface area contributed by atoms with E-state index in [9.17, 15) is 9.18 Å². The minimum absolute atomic E-state index is 0.112. The largest absolute Gasteiger partial charge is 0.296 e.